The van der Waals surface area contributed by atoms with Gasteiger partial charge in [-0.25, -0.2) is 4.57 Å². The van der Waals surface area contributed by atoms with Crippen LogP contribution < -0.4 is 0 Å². The van der Waals surface area contributed by atoms with E-state index in [-0.39, 0.29) is 19.4 Å². The zero-order valence-corrected chi connectivity index (χ0v) is 35.8. The summed E-state index contributed by atoms with van der Waals surface area (Å²) in [5.41, 5.74) is 0. The molecule has 2 N–H and O–H groups in total. The number of hydrogen-bond donors (Lipinski definition) is 2. The Morgan fingerprint density at radius 3 is 1.28 bits per heavy atom. The van der Waals surface area contributed by atoms with E-state index in [2.05, 4.69) is 54.8 Å². The van der Waals surface area contributed by atoms with Crippen LogP contribution in [0, 0.1) is 0 Å². The molecular formula is C45H83O8P. The second-order valence-electron chi connectivity index (χ2n) is 15.0. The molecule has 0 aliphatic carbocycles. The highest BCUT2D eigenvalue weighted by atomic mass is 31.2. The largest absolute Gasteiger partial charge is 0.469 e. The summed E-state index contributed by atoms with van der Waals surface area (Å²) in [4.78, 5) is 42.9. The number of rotatable bonds is 41. The lowest BCUT2D eigenvalue weighted by atomic mass is 10.0. The summed E-state index contributed by atoms with van der Waals surface area (Å²) in [7, 11) is -4.76. The molecule has 0 unspecified atom stereocenters. The van der Waals surface area contributed by atoms with Crippen molar-refractivity contribution >= 4 is 19.8 Å². The third-order valence-corrected chi connectivity index (χ3v) is 10.1. The molecule has 316 valence electrons. The highest BCUT2D eigenvalue weighted by molar-refractivity contribution is 7.46. The molecule has 0 amide bonds. The van der Waals surface area contributed by atoms with Crippen LogP contribution in [0.3, 0.4) is 0 Å². The molecular weight excluding hydrogens is 699 g/mol. The summed E-state index contributed by atoms with van der Waals surface area (Å²) >= 11 is 0. The molecule has 0 radical (unpaired) electrons. The van der Waals surface area contributed by atoms with Crippen molar-refractivity contribution in [3.63, 3.8) is 0 Å². The van der Waals surface area contributed by atoms with E-state index in [0.717, 1.165) is 57.8 Å². The highest BCUT2D eigenvalue weighted by Gasteiger charge is 2.22. The zero-order chi connectivity index (χ0) is 39.6. The van der Waals surface area contributed by atoms with Gasteiger partial charge < -0.3 is 19.3 Å². The Morgan fingerprint density at radius 2 is 0.833 bits per heavy atom. The van der Waals surface area contributed by atoms with Gasteiger partial charge in [0.05, 0.1) is 6.61 Å². The third kappa shape index (κ3) is 43.0. The third-order valence-electron chi connectivity index (χ3n) is 9.66. The SMILES string of the molecule is CCCCC/C=C\C/C=C\C/C=C\CCCCCCC(=O)OC[C@H](COP(=O)(O)O)OC(=O)CCCCCCCCCCCCCCCCCCCCC. The van der Waals surface area contributed by atoms with Crippen LogP contribution in [-0.4, -0.2) is 41.0 Å². The average molecular weight is 783 g/mol. The minimum absolute atomic E-state index is 0.210. The lowest BCUT2D eigenvalue weighted by Gasteiger charge is -2.18. The van der Waals surface area contributed by atoms with Crippen molar-refractivity contribution in [3.05, 3.63) is 36.5 Å². The normalized spacial score (nSPS) is 12.7. The van der Waals surface area contributed by atoms with Crippen LogP contribution in [0.15, 0.2) is 36.5 Å². The lowest BCUT2D eigenvalue weighted by molar-refractivity contribution is -0.161. The fraction of sp³-hybridized carbons (Fsp3) is 0.822. The Kier molecular flexibility index (Phi) is 39.6. The molecule has 9 heteroatoms. The van der Waals surface area contributed by atoms with Gasteiger partial charge >= 0.3 is 19.8 Å². The number of hydrogen-bond acceptors (Lipinski definition) is 6. The van der Waals surface area contributed by atoms with Gasteiger partial charge in [-0.3, -0.25) is 14.1 Å². The first-order chi connectivity index (χ1) is 26.3. The summed E-state index contributed by atoms with van der Waals surface area (Å²) < 4.78 is 26.4. The van der Waals surface area contributed by atoms with Crippen LogP contribution in [0.25, 0.3) is 0 Å². The average Bonchev–Trinajstić information content (AvgIpc) is 3.14. The topological polar surface area (TPSA) is 119 Å². The fourth-order valence-electron chi connectivity index (χ4n) is 6.32. The number of carbonyl (C=O) groups excluding carboxylic acids is 2. The Hall–Kier alpha value is -1.73. The van der Waals surface area contributed by atoms with Crippen LogP contribution in [0.5, 0.6) is 0 Å². The number of allylic oxidation sites excluding steroid dienone is 6. The van der Waals surface area contributed by atoms with Gasteiger partial charge in [0.2, 0.25) is 0 Å². The fourth-order valence-corrected chi connectivity index (χ4v) is 6.68. The molecule has 0 aliphatic heterocycles. The van der Waals surface area contributed by atoms with Gasteiger partial charge in [0.1, 0.15) is 6.61 Å². The Morgan fingerprint density at radius 1 is 0.481 bits per heavy atom. The van der Waals surface area contributed by atoms with E-state index in [4.69, 9.17) is 19.3 Å². The van der Waals surface area contributed by atoms with E-state index in [0.29, 0.717) is 12.8 Å². The lowest BCUT2D eigenvalue weighted by Crippen LogP contribution is -2.29. The predicted molar refractivity (Wildman–Crippen MR) is 225 cm³/mol. The number of phosphoric ester groups is 1. The molecule has 0 bridgehead atoms. The smallest absolute Gasteiger partial charge is 0.462 e. The predicted octanol–water partition coefficient (Wildman–Crippen LogP) is 13.7. The van der Waals surface area contributed by atoms with E-state index in [1.807, 2.05) is 0 Å². The van der Waals surface area contributed by atoms with Crippen molar-refractivity contribution in [2.45, 2.75) is 225 Å². The van der Waals surface area contributed by atoms with Crippen LogP contribution in [0.4, 0.5) is 0 Å². The molecule has 0 aromatic rings. The number of esters is 2. The summed E-state index contributed by atoms with van der Waals surface area (Å²) in [6.07, 6.45) is 48.6. The molecule has 8 nitrogen and oxygen atoms in total. The van der Waals surface area contributed by atoms with Crippen molar-refractivity contribution in [3.8, 4) is 0 Å². The van der Waals surface area contributed by atoms with Crippen LogP contribution in [0.1, 0.15) is 219 Å². The van der Waals surface area contributed by atoms with Gasteiger partial charge in [-0.05, 0) is 51.4 Å². The molecule has 0 heterocycles. The molecule has 0 saturated carbocycles. The molecule has 0 spiro atoms. The molecule has 0 aromatic heterocycles. The second kappa shape index (κ2) is 40.9. The molecule has 54 heavy (non-hydrogen) atoms. The Bertz CT molecular complexity index is 973. The van der Waals surface area contributed by atoms with E-state index < -0.39 is 32.5 Å². The number of ether oxygens (including phenoxy) is 2. The standard InChI is InChI=1S/C45H83O8P/c1-3-5-7-9-11-13-15-17-19-21-22-24-26-28-30-32-34-36-38-40-45(47)53-43(42-52-54(48,49)50)41-51-44(46)39-37-35-33-31-29-27-25-23-20-18-16-14-12-10-8-6-4-2/h12,14,18,20,25,27,43H,3-11,13,15-17,19,21-24,26,28-42H2,1-2H3,(H2,48,49,50)/b14-12-,20-18-,27-25-/t43-/m1/s1. The second-order valence-corrected chi connectivity index (χ2v) is 16.3. The van der Waals surface area contributed by atoms with E-state index in [1.165, 1.54) is 122 Å². The molecule has 0 aromatic carbocycles. The van der Waals surface area contributed by atoms with Crippen molar-refractivity contribution < 1.29 is 37.9 Å². The maximum Gasteiger partial charge on any atom is 0.469 e. The van der Waals surface area contributed by atoms with Gasteiger partial charge in [0, 0.05) is 12.8 Å². The first-order valence-electron chi connectivity index (χ1n) is 22.3. The van der Waals surface area contributed by atoms with Gasteiger partial charge in [-0.15, -0.1) is 0 Å². The van der Waals surface area contributed by atoms with Gasteiger partial charge in [0.25, 0.3) is 0 Å². The van der Waals surface area contributed by atoms with Crippen molar-refractivity contribution in [1.82, 2.24) is 0 Å². The first kappa shape index (κ1) is 52.3. The van der Waals surface area contributed by atoms with Crippen molar-refractivity contribution in [2.75, 3.05) is 13.2 Å². The summed E-state index contributed by atoms with van der Waals surface area (Å²) in [5, 5.41) is 0. The Balaban J connectivity index is 3.90. The van der Waals surface area contributed by atoms with Gasteiger partial charge in [0.15, 0.2) is 6.10 Å². The first-order valence-corrected chi connectivity index (χ1v) is 23.8. The maximum atomic E-state index is 12.4. The van der Waals surface area contributed by atoms with E-state index in [1.54, 1.807) is 0 Å². The highest BCUT2D eigenvalue weighted by Crippen LogP contribution is 2.36. The molecule has 1 atom stereocenters. The summed E-state index contributed by atoms with van der Waals surface area (Å²) in [6, 6.07) is 0. The van der Waals surface area contributed by atoms with Gasteiger partial charge in [-0.2, -0.15) is 0 Å². The van der Waals surface area contributed by atoms with Gasteiger partial charge in [-0.1, -0.05) is 192 Å². The van der Waals surface area contributed by atoms with E-state index >= 15 is 0 Å². The minimum atomic E-state index is -4.76. The number of unbranched alkanes of at least 4 members (excludes halogenated alkanes) is 25. The number of phosphoric acid groups is 1. The summed E-state index contributed by atoms with van der Waals surface area (Å²) in [6.45, 7) is 3.66. The van der Waals surface area contributed by atoms with Crippen LogP contribution in [-0.2, 0) is 28.2 Å². The molecule has 0 aliphatic rings. The molecule has 0 saturated heterocycles. The van der Waals surface area contributed by atoms with Crippen molar-refractivity contribution in [1.29, 1.82) is 0 Å². The maximum absolute atomic E-state index is 12.4. The zero-order valence-electron chi connectivity index (χ0n) is 34.9. The molecule has 0 fully saturated rings. The molecule has 0 rings (SSSR count). The Labute approximate surface area is 332 Å². The van der Waals surface area contributed by atoms with Crippen LogP contribution >= 0.6 is 7.82 Å². The number of carbonyl (C=O) groups is 2. The minimum Gasteiger partial charge on any atom is -0.462 e. The van der Waals surface area contributed by atoms with Crippen LogP contribution in [0.2, 0.25) is 0 Å². The monoisotopic (exact) mass is 783 g/mol. The summed E-state index contributed by atoms with van der Waals surface area (Å²) in [5.74, 6) is -0.902. The van der Waals surface area contributed by atoms with E-state index in [9.17, 15) is 14.2 Å². The van der Waals surface area contributed by atoms with Crippen molar-refractivity contribution in [2.24, 2.45) is 0 Å². The quantitative estimate of drug-likeness (QED) is 0.0272.